The lowest BCUT2D eigenvalue weighted by atomic mass is 10.0. The number of nitro groups is 1. The molecule has 0 spiro atoms. The summed E-state index contributed by atoms with van der Waals surface area (Å²) in [6.45, 7) is 0. The van der Waals surface area contributed by atoms with Gasteiger partial charge in [-0.15, -0.1) is 0 Å². The molecule has 5 heteroatoms. The van der Waals surface area contributed by atoms with E-state index in [0.29, 0.717) is 17.0 Å². The van der Waals surface area contributed by atoms with Gasteiger partial charge in [0.25, 0.3) is 5.69 Å². The standard InChI is InChI=1S/C14H11BrClNO2/c15-12(11-6-2-3-7-13(11)16)9-10-5-1-4-8-14(10)17(18)19/h1-8,12H,9H2. The molecule has 0 saturated carbocycles. The van der Waals surface area contributed by atoms with E-state index in [9.17, 15) is 10.1 Å². The Kier molecular flexibility index (Phi) is 4.56. The van der Waals surface area contributed by atoms with Gasteiger partial charge in [0.15, 0.2) is 0 Å². The van der Waals surface area contributed by atoms with Crippen LogP contribution in [0.1, 0.15) is 16.0 Å². The van der Waals surface area contributed by atoms with Crippen molar-refractivity contribution in [2.24, 2.45) is 0 Å². The molecule has 0 saturated heterocycles. The van der Waals surface area contributed by atoms with E-state index in [1.807, 2.05) is 24.3 Å². The molecule has 1 unspecified atom stereocenters. The zero-order chi connectivity index (χ0) is 13.8. The van der Waals surface area contributed by atoms with Crippen molar-refractivity contribution in [2.45, 2.75) is 11.2 Å². The van der Waals surface area contributed by atoms with E-state index in [-0.39, 0.29) is 15.4 Å². The Morgan fingerprint density at radius 3 is 2.47 bits per heavy atom. The molecule has 0 heterocycles. The van der Waals surface area contributed by atoms with Crippen molar-refractivity contribution < 1.29 is 4.92 Å². The third-order valence-corrected chi connectivity index (χ3v) is 3.99. The van der Waals surface area contributed by atoms with Gasteiger partial charge >= 0.3 is 0 Å². The van der Waals surface area contributed by atoms with Crippen molar-refractivity contribution in [3.05, 3.63) is 74.8 Å². The molecule has 0 radical (unpaired) electrons. The van der Waals surface area contributed by atoms with E-state index >= 15 is 0 Å². The highest BCUT2D eigenvalue weighted by atomic mass is 79.9. The average Bonchev–Trinajstić information content (AvgIpc) is 2.39. The second-order valence-corrected chi connectivity index (χ2v) is 5.59. The second kappa shape index (κ2) is 6.17. The number of alkyl halides is 1. The van der Waals surface area contributed by atoms with E-state index in [4.69, 9.17) is 11.6 Å². The first-order chi connectivity index (χ1) is 9.09. The molecule has 0 aliphatic heterocycles. The van der Waals surface area contributed by atoms with Crippen molar-refractivity contribution in [2.75, 3.05) is 0 Å². The first kappa shape index (κ1) is 14.0. The maximum atomic E-state index is 11.0. The van der Waals surface area contributed by atoms with Gasteiger partial charge in [-0.3, -0.25) is 10.1 Å². The Hall–Kier alpha value is -1.39. The minimum absolute atomic E-state index is 0.0534. The summed E-state index contributed by atoms with van der Waals surface area (Å²) >= 11 is 9.67. The van der Waals surface area contributed by atoms with Gasteiger partial charge in [-0.25, -0.2) is 0 Å². The van der Waals surface area contributed by atoms with Crippen LogP contribution in [0.4, 0.5) is 5.69 Å². The zero-order valence-corrected chi connectivity index (χ0v) is 12.3. The lowest BCUT2D eigenvalue weighted by molar-refractivity contribution is -0.385. The first-order valence-corrected chi connectivity index (χ1v) is 6.99. The number of nitrogens with zero attached hydrogens (tertiary/aromatic N) is 1. The highest BCUT2D eigenvalue weighted by Gasteiger charge is 2.18. The summed E-state index contributed by atoms with van der Waals surface area (Å²) in [6.07, 6.45) is 0.515. The van der Waals surface area contributed by atoms with Gasteiger partial charge < -0.3 is 0 Å². The van der Waals surface area contributed by atoms with Crippen molar-refractivity contribution in [3.63, 3.8) is 0 Å². The molecule has 0 N–H and O–H groups in total. The largest absolute Gasteiger partial charge is 0.272 e. The molecular formula is C14H11BrClNO2. The molecule has 0 aromatic heterocycles. The monoisotopic (exact) mass is 339 g/mol. The molecule has 1 atom stereocenters. The van der Waals surface area contributed by atoms with Gasteiger partial charge in [-0.2, -0.15) is 0 Å². The van der Waals surface area contributed by atoms with Gasteiger partial charge in [0.2, 0.25) is 0 Å². The summed E-state index contributed by atoms with van der Waals surface area (Å²) in [4.78, 5) is 10.6. The fourth-order valence-electron chi connectivity index (χ4n) is 1.89. The molecule has 0 amide bonds. The fourth-order valence-corrected chi connectivity index (χ4v) is 3.04. The molecule has 98 valence electrons. The third kappa shape index (κ3) is 3.33. The van der Waals surface area contributed by atoms with E-state index in [1.54, 1.807) is 18.2 Å². The van der Waals surface area contributed by atoms with Gasteiger partial charge in [0.05, 0.1) is 4.92 Å². The summed E-state index contributed by atoms with van der Waals surface area (Å²) in [6, 6.07) is 14.2. The summed E-state index contributed by atoms with van der Waals surface area (Å²) < 4.78 is 0. The van der Waals surface area contributed by atoms with Crippen molar-refractivity contribution in [1.29, 1.82) is 0 Å². The Balaban J connectivity index is 2.27. The average molecular weight is 341 g/mol. The maximum absolute atomic E-state index is 11.0. The SMILES string of the molecule is O=[N+]([O-])c1ccccc1CC(Br)c1ccccc1Cl. The van der Waals surface area contributed by atoms with Gasteiger partial charge in [-0.1, -0.05) is 63.9 Å². The van der Waals surface area contributed by atoms with Crippen LogP contribution in [0, 0.1) is 10.1 Å². The van der Waals surface area contributed by atoms with Crippen molar-refractivity contribution in [3.8, 4) is 0 Å². The number of rotatable bonds is 4. The lowest BCUT2D eigenvalue weighted by Crippen LogP contribution is -2.00. The highest BCUT2D eigenvalue weighted by molar-refractivity contribution is 9.09. The maximum Gasteiger partial charge on any atom is 0.272 e. The van der Waals surface area contributed by atoms with Gasteiger partial charge in [0.1, 0.15) is 0 Å². The van der Waals surface area contributed by atoms with Crippen LogP contribution >= 0.6 is 27.5 Å². The van der Waals surface area contributed by atoms with Crippen LogP contribution < -0.4 is 0 Å². The van der Waals surface area contributed by atoms with Crippen LogP contribution in [-0.4, -0.2) is 4.92 Å². The first-order valence-electron chi connectivity index (χ1n) is 5.70. The van der Waals surface area contributed by atoms with E-state index in [0.717, 1.165) is 5.56 Å². The predicted molar refractivity (Wildman–Crippen MR) is 79.9 cm³/mol. The summed E-state index contributed by atoms with van der Waals surface area (Å²) in [5.41, 5.74) is 1.76. The molecule has 2 aromatic rings. The molecular weight excluding hydrogens is 330 g/mol. The molecule has 0 aliphatic rings. The summed E-state index contributed by atoms with van der Waals surface area (Å²) in [7, 11) is 0. The number of para-hydroxylation sites is 1. The van der Waals surface area contributed by atoms with Crippen LogP contribution in [-0.2, 0) is 6.42 Å². The molecule has 0 bridgehead atoms. The summed E-state index contributed by atoms with van der Waals surface area (Å²) in [5.74, 6) is 0. The van der Waals surface area contributed by atoms with Crippen LogP contribution in [0.2, 0.25) is 5.02 Å². The third-order valence-electron chi connectivity index (χ3n) is 2.83. The molecule has 2 rings (SSSR count). The quantitative estimate of drug-likeness (QED) is 0.450. The van der Waals surface area contributed by atoms with Gasteiger partial charge in [0, 0.05) is 21.5 Å². The number of nitro benzene ring substituents is 1. The fraction of sp³-hybridized carbons (Fsp3) is 0.143. The smallest absolute Gasteiger partial charge is 0.258 e. The van der Waals surface area contributed by atoms with Crippen LogP contribution in [0.25, 0.3) is 0 Å². The van der Waals surface area contributed by atoms with E-state index in [2.05, 4.69) is 15.9 Å². The molecule has 2 aromatic carbocycles. The minimum atomic E-state index is -0.359. The molecule has 19 heavy (non-hydrogen) atoms. The van der Waals surface area contributed by atoms with Crippen LogP contribution in [0.5, 0.6) is 0 Å². The van der Waals surface area contributed by atoms with Crippen LogP contribution in [0.15, 0.2) is 48.5 Å². The number of hydrogen-bond donors (Lipinski definition) is 0. The topological polar surface area (TPSA) is 43.1 Å². The van der Waals surface area contributed by atoms with E-state index in [1.165, 1.54) is 6.07 Å². The minimum Gasteiger partial charge on any atom is -0.258 e. The number of benzene rings is 2. The number of halogens is 2. The second-order valence-electron chi connectivity index (χ2n) is 4.08. The zero-order valence-electron chi connectivity index (χ0n) is 9.92. The Morgan fingerprint density at radius 2 is 1.79 bits per heavy atom. The highest BCUT2D eigenvalue weighted by Crippen LogP contribution is 2.34. The van der Waals surface area contributed by atoms with Crippen LogP contribution in [0.3, 0.4) is 0 Å². The van der Waals surface area contributed by atoms with Gasteiger partial charge in [-0.05, 0) is 18.1 Å². The summed E-state index contributed by atoms with van der Waals surface area (Å²) in [5, 5.41) is 11.6. The molecule has 0 fully saturated rings. The van der Waals surface area contributed by atoms with Crippen molar-refractivity contribution in [1.82, 2.24) is 0 Å². The Bertz CT molecular complexity index is 604. The lowest BCUT2D eigenvalue weighted by Gasteiger charge is -2.12. The number of hydrogen-bond acceptors (Lipinski definition) is 2. The van der Waals surface area contributed by atoms with E-state index < -0.39 is 0 Å². The predicted octanol–water partition coefficient (Wildman–Crippen LogP) is 4.93. The Morgan fingerprint density at radius 1 is 1.16 bits per heavy atom. The Labute approximate surface area is 124 Å². The normalized spacial score (nSPS) is 12.1. The molecule has 3 nitrogen and oxygen atoms in total. The van der Waals surface area contributed by atoms with Crippen molar-refractivity contribution >= 4 is 33.2 Å². The molecule has 0 aliphatic carbocycles.